The van der Waals surface area contributed by atoms with E-state index in [0.29, 0.717) is 0 Å². The van der Waals surface area contributed by atoms with Crippen molar-refractivity contribution < 1.29 is 4.74 Å². The second-order valence-corrected chi connectivity index (χ2v) is 4.90. The standard InChI is InChI=1S/C15H23NO/c1-13-7-3-4-8-15(13)17-12-6-2-5-11-16-14-9-10-14/h3-4,7-8,14,16H,2,5-6,9-12H2,1H3. The third-order valence-electron chi connectivity index (χ3n) is 3.18. The molecule has 0 bridgehead atoms. The van der Waals surface area contributed by atoms with Crippen LogP contribution in [0.1, 0.15) is 37.7 Å². The van der Waals surface area contributed by atoms with Gasteiger partial charge >= 0.3 is 0 Å². The Labute approximate surface area is 104 Å². The van der Waals surface area contributed by atoms with E-state index >= 15 is 0 Å². The first-order chi connectivity index (χ1) is 8.36. The van der Waals surface area contributed by atoms with Crippen LogP contribution < -0.4 is 10.1 Å². The molecular formula is C15H23NO. The fourth-order valence-corrected chi connectivity index (χ4v) is 1.90. The summed E-state index contributed by atoms with van der Waals surface area (Å²) in [5, 5.41) is 3.53. The molecule has 0 saturated heterocycles. The van der Waals surface area contributed by atoms with E-state index in [-0.39, 0.29) is 0 Å². The molecule has 0 unspecified atom stereocenters. The molecule has 94 valence electrons. The van der Waals surface area contributed by atoms with Crippen molar-refractivity contribution in [3.8, 4) is 5.75 Å². The zero-order chi connectivity index (χ0) is 11.9. The van der Waals surface area contributed by atoms with Gasteiger partial charge in [-0.15, -0.1) is 0 Å². The molecule has 1 fully saturated rings. The first kappa shape index (κ1) is 12.4. The number of ether oxygens (including phenoxy) is 1. The van der Waals surface area contributed by atoms with Crippen molar-refractivity contribution in [2.75, 3.05) is 13.2 Å². The highest BCUT2D eigenvalue weighted by atomic mass is 16.5. The zero-order valence-electron chi connectivity index (χ0n) is 10.7. The molecular weight excluding hydrogens is 210 g/mol. The van der Waals surface area contributed by atoms with Crippen LogP contribution in [0, 0.1) is 6.92 Å². The Bertz CT molecular complexity index is 333. The summed E-state index contributed by atoms with van der Waals surface area (Å²) >= 11 is 0. The predicted octanol–water partition coefficient (Wildman–Crippen LogP) is 3.30. The number of hydrogen-bond donors (Lipinski definition) is 1. The molecule has 2 nitrogen and oxygen atoms in total. The van der Waals surface area contributed by atoms with Gasteiger partial charge < -0.3 is 10.1 Å². The van der Waals surface area contributed by atoms with E-state index in [1.807, 2.05) is 18.2 Å². The number of rotatable bonds is 8. The van der Waals surface area contributed by atoms with Crippen molar-refractivity contribution in [1.82, 2.24) is 5.32 Å². The lowest BCUT2D eigenvalue weighted by molar-refractivity contribution is 0.303. The Balaban J connectivity index is 1.49. The van der Waals surface area contributed by atoms with E-state index < -0.39 is 0 Å². The second kappa shape index (κ2) is 6.65. The molecule has 0 heterocycles. The summed E-state index contributed by atoms with van der Waals surface area (Å²) in [5.74, 6) is 1.03. The van der Waals surface area contributed by atoms with Crippen molar-refractivity contribution in [3.63, 3.8) is 0 Å². The first-order valence-electron chi connectivity index (χ1n) is 6.78. The maximum atomic E-state index is 5.76. The number of aryl methyl sites for hydroxylation is 1. The molecule has 0 amide bonds. The molecule has 1 N–H and O–H groups in total. The summed E-state index contributed by atoms with van der Waals surface area (Å²) in [6, 6.07) is 9.06. The highest BCUT2D eigenvalue weighted by Crippen LogP contribution is 2.18. The summed E-state index contributed by atoms with van der Waals surface area (Å²) < 4.78 is 5.76. The summed E-state index contributed by atoms with van der Waals surface area (Å²) in [7, 11) is 0. The van der Waals surface area contributed by atoms with Crippen LogP contribution >= 0.6 is 0 Å². The van der Waals surface area contributed by atoms with Gasteiger partial charge in [-0.05, 0) is 57.2 Å². The minimum atomic E-state index is 0.842. The Hall–Kier alpha value is -1.02. The van der Waals surface area contributed by atoms with Crippen LogP contribution in [0.3, 0.4) is 0 Å². The minimum Gasteiger partial charge on any atom is -0.493 e. The zero-order valence-corrected chi connectivity index (χ0v) is 10.7. The van der Waals surface area contributed by atoms with Gasteiger partial charge in [0.05, 0.1) is 6.61 Å². The average molecular weight is 233 g/mol. The number of hydrogen-bond acceptors (Lipinski definition) is 2. The van der Waals surface area contributed by atoms with Gasteiger partial charge in [-0.25, -0.2) is 0 Å². The van der Waals surface area contributed by atoms with Gasteiger partial charge in [0.25, 0.3) is 0 Å². The molecule has 2 rings (SSSR count). The third kappa shape index (κ3) is 4.78. The van der Waals surface area contributed by atoms with Crippen LogP contribution in [0.5, 0.6) is 5.75 Å². The smallest absolute Gasteiger partial charge is 0.122 e. The van der Waals surface area contributed by atoms with E-state index in [1.54, 1.807) is 0 Å². The van der Waals surface area contributed by atoms with E-state index in [2.05, 4.69) is 18.3 Å². The number of nitrogens with one attached hydrogen (secondary N) is 1. The van der Waals surface area contributed by atoms with Gasteiger partial charge in [-0.2, -0.15) is 0 Å². The summed E-state index contributed by atoms with van der Waals surface area (Å²) in [5.41, 5.74) is 1.22. The molecule has 1 aromatic rings. The molecule has 0 aromatic heterocycles. The Morgan fingerprint density at radius 1 is 1.18 bits per heavy atom. The maximum Gasteiger partial charge on any atom is 0.122 e. The summed E-state index contributed by atoms with van der Waals surface area (Å²) in [6.45, 7) is 4.11. The van der Waals surface area contributed by atoms with E-state index in [9.17, 15) is 0 Å². The van der Waals surface area contributed by atoms with Gasteiger partial charge in [0.2, 0.25) is 0 Å². The maximum absolute atomic E-state index is 5.76. The van der Waals surface area contributed by atoms with Gasteiger partial charge in [-0.1, -0.05) is 18.2 Å². The van der Waals surface area contributed by atoms with Crippen LogP contribution in [0.2, 0.25) is 0 Å². The molecule has 17 heavy (non-hydrogen) atoms. The summed E-state index contributed by atoms with van der Waals surface area (Å²) in [4.78, 5) is 0. The highest BCUT2D eigenvalue weighted by Gasteiger charge is 2.19. The SMILES string of the molecule is Cc1ccccc1OCCCCCNC1CC1. The normalized spacial score (nSPS) is 14.9. The van der Waals surface area contributed by atoms with Crippen molar-refractivity contribution in [3.05, 3.63) is 29.8 Å². The molecule has 1 aliphatic carbocycles. The van der Waals surface area contributed by atoms with Crippen LogP contribution in [-0.4, -0.2) is 19.2 Å². The van der Waals surface area contributed by atoms with E-state index in [1.165, 1.54) is 37.8 Å². The van der Waals surface area contributed by atoms with Gasteiger partial charge in [0, 0.05) is 6.04 Å². The monoisotopic (exact) mass is 233 g/mol. The molecule has 1 aromatic carbocycles. The second-order valence-electron chi connectivity index (χ2n) is 4.90. The molecule has 1 aliphatic rings. The van der Waals surface area contributed by atoms with Gasteiger partial charge in [0.15, 0.2) is 0 Å². The first-order valence-corrected chi connectivity index (χ1v) is 6.78. The molecule has 0 spiro atoms. The van der Waals surface area contributed by atoms with Crippen LogP contribution in [0.25, 0.3) is 0 Å². The van der Waals surface area contributed by atoms with Crippen LogP contribution in [-0.2, 0) is 0 Å². The topological polar surface area (TPSA) is 21.3 Å². The lowest BCUT2D eigenvalue weighted by atomic mass is 10.2. The largest absolute Gasteiger partial charge is 0.493 e. The van der Waals surface area contributed by atoms with Crippen molar-refractivity contribution in [2.24, 2.45) is 0 Å². The Morgan fingerprint density at radius 2 is 2.00 bits per heavy atom. The fraction of sp³-hybridized carbons (Fsp3) is 0.600. The van der Waals surface area contributed by atoms with Crippen molar-refractivity contribution >= 4 is 0 Å². The van der Waals surface area contributed by atoms with Crippen LogP contribution in [0.15, 0.2) is 24.3 Å². The highest BCUT2D eigenvalue weighted by molar-refractivity contribution is 5.31. The molecule has 0 atom stereocenters. The molecule has 0 aliphatic heterocycles. The minimum absolute atomic E-state index is 0.842. The van der Waals surface area contributed by atoms with Gasteiger partial charge in [0.1, 0.15) is 5.75 Å². The molecule has 2 heteroatoms. The van der Waals surface area contributed by atoms with Gasteiger partial charge in [-0.3, -0.25) is 0 Å². The number of para-hydroxylation sites is 1. The number of unbranched alkanes of at least 4 members (excludes halogenated alkanes) is 2. The quantitative estimate of drug-likeness (QED) is 0.696. The van der Waals surface area contributed by atoms with E-state index in [4.69, 9.17) is 4.74 Å². The van der Waals surface area contributed by atoms with Crippen LogP contribution in [0.4, 0.5) is 0 Å². The predicted molar refractivity (Wildman–Crippen MR) is 71.5 cm³/mol. The lowest BCUT2D eigenvalue weighted by Gasteiger charge is -2.08. The Morgan fingerprint density at radius 3 is 2.76 bits per heavy atom. The lowest BCUT2D eigenvalue weighted by Crippen LogP contribution is -2.17. The molecule has 1 saturated carbocycles. The average Bonchev–Trinajstić information content (AvgIpc) is 3.14. The van der Waals surface area contributed by atoms with E-state index in [0.717, 1.165) is 24.8 Å². The van der Waals surface area contributed by atoms with Crippen molar-refractivity contribution in [1.29, 1.82) is 0 Å². The van der Waals surface area contributed by atoms with Crippen molar-refractivity contribution in [2.45, 2.75) is 45.1 Å². The Kier molecular flexibility index (Phi) is 4.87. The number of benzene rings is 1. The third-order valence-corrected chi connectivity index (χ3v) is 3.18. The molecule has 0 radical (unpaired) electrons. The summed E-state index contributed by atoms with van der Waals surface area (Å²) in [6.07, 6.45) is 6.45. The fourth-order valence-electron chi connectivity index (χ4n) is 1.90.